The van der Waals surface area contributed by atoms with Gasteiger partial charge < -0.3 is 15.3 Å². The van der Waals surface area contributed by atoms with Crippen LogP contribution in [0.4, 0.5) is 5.69 Å². The first-order valence-corrected chi connectivity index (χ1v) is 11.3. The van der Waals surface area contributed by atoms with E-state index < -0.39 is 0 Å². The molecule has 0 saturated carbocycles. The van der Waals surface area contributed by atoms with Gasteiger partial charge in [0.25, 0.3) is 0 Å². The second kappa shape index (κ2) is 9.67. The lowest BCUT2D eigenvalue weighted by Gasteiger charge is -2.24. The van der Waals surface area contributed by atoms with Gasteiger partial charge in [0.1, 0.15) is 13.7 Å². The van der Waals surface area contributed by atoms with Crippen molar-refractivity contribution in [3.63, 3.8) is 0 Å². The Balaban J connectivity index is 1.50. The molecule has 0 saturated heterocycles. The van der Waals surface area contributed by atoms with E-state index in [0.29, 0.717) is 5.84 Å². The Morgan fingerprint density at radius 1 is 1.25 bits per heavy atom. The van der Waals surface area contributed by atoms with Crippen LogP contribution >= 0.6 is 23.1 Å². The Morgan fingerprint density at radius 3 is 2.75 bits per heavy atom. The van der Waals surface area contributed by atoms with Crippen molar-refractivity contribution >= 4 is 40.6 Å². The van der Waals surface area contributed by atoms with E-state index in [4.69, 9.17) is 0 Å². The van der Waals surface area contributed by atoms with Gasteiger partial charge >= 0.3 is 5.96 Å². The zero-order valence-corrected chi connectivity index (χ0v) is 18.3. The number of aliphatic hydroxyl groups excluding tert-OH is 1. The highest BCUT2D eigenvalue weighted by Gasteiger charge is 2.38. The maximum atomic E-state index is 9.47. The number of para-hydroxylation sites is 1. The van der Waals surface area contributed by atoms with Gasteiger partial charge in [-0.1, -0.05) is 23.3 Å². The van der Waals surface area contributed by atoms with Crippen LogP contribution in [0.1, 0.15) is 10.4 Å². The fourth-order valence-corrected chi connectivity index (χ4v) is 4.91. The molecule has 28 heavy (non-hydrogen) atoms. The molecule has 0 fully saturated rings. The summed E-state index contributed by atoms with van der Waals surface area (Å²) in [5, 5.41) is 19.7. The largest absolute Gasteiger partial charge is 0.388 e. The highest BCUT2D eigenvalue weighted by atomic mass is 32.2. The quantitative estimate of drug-likeness (QED) is 0.486. The number of hydrogen-bond donors (Lipinski definition) is 2. The smallest absolute Gasteiger partial charge is 0.336 e. The van der Waals surface area contributed by atoms with Crippen LogP contribution in [0.15, 0.2) is 51.9 Å². The molecule has 0 spiro atoms. The number of aliphatic imine (C=N–C) groups is 1. The van der Waals surface area contributed by atoms with Gasteiger partial charge in [0.05, 0.1) is 0 Å². The molecule has 6 nitrogen and oxygen atoms in total. The van der Waals surface area contributed by atoms with Crippen LogP contribution in [0.5, 0.6) is 0 Å². The molecule has 1 unspecified atom stereocenters. The number of nitrogens with one attached hydrogen (secondary N) is 1. The predicted molar refractivity (Wildman–Crippen MR) is 122 cm³/mol. The standard InChI is InChI=1S/C20H28N5OS2/c1-24(2)12-18-11-16(15-28-18)14-27-10-9-21-20-22-19(13-26)23-25(20,3)17-7-5-4-6-8-17/h4-8,11,15,26H,9-10,12-14H2,1-3H3,(H,21,22,23)/q+1. The van der Waals surface area contributed by atoms with Crippen LogP contribution in [-0.4, -0.2) is 61.8 Å². The molecule has 0 aliphatic carbocycles. The summed E-state index contributed by atoms with van der Waals surface area (Å²) in [6, 6.07) is 12.3. The van der Waals surface area contributed by atoms with Gasteiger partial charge in [0.15, 0.2) is 5.69 Å². The van der Waals surface area contributed by atoms with Gasteiger partial charge in [-0.25, -0.2) is 0 Å². The van der Waals surface area contributed by atoms with Crippen LogP contribution in [0.2, 0.25) is 0 Å². The van der Waals surface area contributed by atoms with Crippen molar-refractivity contribution in [3.05, 3.63) is 52.2 Å². The van der Waals surface area contributed by atoms with Crippen LogP contribution in [-0.2, 0) is 12.3 Å². The molecule has 2 heterocycles. The molecule has 1 aromatic heterocycles. The van der Waals surface area contributed by atoms with Crippen molar-refractivity contribution in [1.82, 2.24) is 14.8 Å². The van der Waals surface area contributed by atoms with E-state index in [1.54, 1.807) is 0 Å². The van der Waals surface area contributed by atoms with Gasteiger partial charge in [0, 0.05) is 41.6 Å². The average Bonchev–Trinajstić information content (AvgIpc) is 3.26. The Hall–Kier alpha value is -1.71. The van der Waals surface area contributed by atoms with Gasteiger partial charge in [-0.2, -0.15) is 16.8 Å². The minimum absolute atomic E-state index is 0.159. The van der Waals surface area contributed by atoms with E-state index >= 15 is 0 Å². The predicted octanol–water partition coefficient (Wildman–Crippen LogP) is 2.95. The summed E-state index contributed by atoms with van der Waals surface area (Å²) in [5.74, 6) is 3.19. The number of guanidine groups is 1. The number of thioether (sulfide) groups is 1. The zero-order chi connectivity index (χ0) is 20.0. The summed E-state index contributed by atoms with van der Waals surface area (Å²) in [7, 11) is 6.17. The molecule has 0 amide bonds. The summed E-state index contributed by atoms with van der Waals surface area (Å²) in [6.07, 6.45) is 0. The normalized spacial score (nSPS) is 19.0. The highest BCUT2D eigenvalue weighted by Crippen LogP contribution is 2.25. The Kier molecular flexibility index (Phi) is 7.25. The molecule has 0 radical (unpaired) electrons. The molecule has 1 aromatic carbocycles. The number of nitrogens with zero attached hydrogens (tertiary/aromatic N) is 4. The van der Waals surface area contributed by atoms with E-state index in [-0.39, 0.29) is 11.2 Å². The van der Waals surface area contributed by atoms with Crippen molar-refractivity contribution in [2.45, 2.75) is 12.3 Å². The fraction of sp³-hybridized carbons (Fsp3) is 0.400. The van der Waals surface area contributed by atoms with E-state index in [9.17, 15) is 5.11 Å². The first kappa shape index (κ1) is 21.0. The number of thiophene rings is 1. The second-order valence-electron chi connectivity index (χ2n) is 7.04. The van der Waals surface area contributed by atoms with Crippen molar-refractivity contribution in [1.29, 1.82) is 0 Å². The molecule has 150 valence electrons. The van der Waals surface area contributed by atoms with Crippen LogP contribution in [0, 0.1) is 0 Å². The molecule has 2 aromatic rings. The lowest BCUT2D eigenvalue weighted by atomic mass is 10.3. The lowest BCUT2D eigenvalue weighted by molar-refractivity contribution is 0.354. The van der Waals surface area contributed by atoms with E-state index in [0.717, 1.165) is 36.2 Å². The highest BCUT2D eigenvalue weighted by molar-refractivity contribution is 7.98. The molecule has 2 N–H and O–H groups in total. The summed E-state index contributed by atoms with van der Waals surface area (Å²) < 4.78 is 0.208. The summed E-state index contributed by atoms with van der Waals surface area (Å²) in [5.41, 5.74) is 2.40. The van der Waals surface area contributed by atoms with Crippen molar-refractivity contribution in [3.8, 4) is 0 Å². The zero-order valence-electron chi connectivity index (χ0n) is 16.6. The molecular weight excluding hydrogens is 390 g/mol. The molecule has 3 rings (SSSR count). The van der Waals surface area contributed by atoms with Gasteiger partial charge in [-0.15, -0.1) is 15.9 Å². The third kappa shape index (κ3) is 5.21. The van der Waals surface area contributed by atoms with Crippen LogP contribution < -0.4 is 9.91 Å². The van der Waals surface area contributed by atoms with E-state index in [1.807, 2.05) is 60.5 Å². The van der Waals surface area contributed by atoms with Crippen LogP contribution in [0.3, 0.4) is 0 Å². The maximum Gasteiger partial charge on any atom is 0.336 e. The van der Waals surface area contributed by atoms with Crippen molar-refractivity contribution in [2.75, 3.05) is 40.0 Å². The second-order valence-corrected chi connectivity index (χ2v) is 9.14. The number of hydrogen-bond acceptors (Lipinski definition) is 7. The minimum Gasteiger partial charge on any atom is -0.388 e. The van der Waals surface area contributed by atoms with E-state index in [1.165, 1.54) is 10.4 Å². The molecular formula is C20H28N5OS2+. The maximum absolute atomic E-state index is 9.47. The average molecular weight is 419 g/mol. The van der Waals surface area contributed by atoms with Gasteiger partial charge in [-0.05, 0) is 31.1 Å². The first-order valence-electron chi connectivity index (χ1n) is 9.25. The van der Waals surface area contributed by atoms with Crippen LogP contribution in [0.25, 0.3) is 0 Å². The summed E-state index contributed by atoms with van der Waals surface area (Å²) >= 11 is 3.74. The summed E-state index contributed by atoms with van der Waals surface area (Å²) in [6.45, 7) is 1.64. The topological polar surface area (TPSA) is 60.2 Å². The minimum atomic E-state index is -0.159. The Bertz CT molecular complexity index is 834. The van der Waals surface area contributed by atoms with Gasteiger partial charge in [-0.3, -0.25) is 0 Å². The van der Waals surface area contributed by atoms with E-state index in [2.05, 4.69) is 45.9 Å². The number of quaternary nitrogens is 1. The Morgan fingerprint density at radius 2 is 2.04 bits per heavy atom. The summed E-state index contributed by atoms with van der Waals surface area (Å²) in [4.78, 5) is 8.09. The SMILES string of the molecule is CN(C)Cc1cc(CSCCNC2=NC(CO)=N[N+]2(C)c2ccccc2)cs1. The van der Waals surface area contributed by atoms with Crippen molar-refractivity contribution in [2.24, 2.45) is 10.1 Å². The monoisotopic (exact) mass is 418 g/mol. The Labute approximate surface area is 175 Å². The first-order chi connectivity index (χ1) is 13.5. The fourth-order valence-electron chi connectivity index (χ4n) is 3.00. The number of rotatable bonds is 9. The number of aliphatic hydroxyl groups is 1. The molecule has 8 heteroatoms. The van der Waals surface area contributed by atoms with Gasteiger partial charge in [0.2, 0.25) is 5.84 Å². The van der Waals surface area contributed by atoms with Crippen molar-refractivity contribution < 1.29 is 5.11 Å². The number of benzene rings is 1. The third-order valence-corrected chi connectivity index (χ3v) is 6.34. The molecule has 1 aliphatic heterocycles. The lowest BCUT2D eigenvalue weighted by Crippen LogP contribution is -2.51. The molecule has 1 aliphatic rings. The number of amidine groups is 1. The molecule has 1 atom stereocenters. The third-order valence-electron chi connectivity index (χ3n) is 4.34. The molecule has 0 bridgehead atoms.